The van der Waals surface area contributed by atoms with Crippen molar-refractivity contribution >= 4 is 28.2 Å². The second-order valence-corrected chi connectivity index (χ2v) is 4.74. The number of fused-ring (bicyclic) bond motifs is 1. The van der Waals surface area contributed by atoms with E-state index in [0.717, 1.165) is 11.3 Å². The predicted molar refractivity (Wildman–Crippen MR) is 68.8 cm³/mol. The van der Waals surface area contributed by atoms with Crippen LogP contribution in [0.15, 0.2) is 33.3 Å². The number of nitrogens with zero attached hydrogens (tertiary/aromatic N) is 1. The first kappa shape index (κ1) is 11.5. The van der Waals surface area contributed by atoms with Crippen LogP contribution in [0.3, 0.4) is 0 Å². The Morgan fingerprint density at radius 1 is 1.26 bits per heavy atom. The van der Waals surface area contributed by atoms with Gasteiger partial charge in [0, 0.05) is 11.6 Å². The van der Waals surface area contributed by atoms with E-state index < -0.39 is 11.4 Å². The minimum atomic E-state index is -1.24. The van der Waals surface area contributed by atoms with E-state index in [1.807, 2.05) is 0 Å². The lowest BCUT2D eigenvalue weighted by atomic mass is 10.2. The maximum atomic E-state index is 12.2. The van der Waals surface area contributed by atoms with Gasteiger partial charge in [-0.25, -0.2) is 9.78 Å². The summed E-state index contributed by atoms with van der Waals surface area (Å²) in [5, 5.41) is 10.8. The molecule has 0 saturated carbocycles. The predicted octanol–water partition coefficient (Wildman–Crippen LogP) is 0.768. The third-order valence-corrected chi connectivity index (χ3v) is 3.61. The van der Waals surface area contributed by atoms with Gasteiger partial charge in [-0.2, -0.15) is 0 Å². The molecule has 2 aliphatic rings. The van der Waals surface area contributed by atoms with Crippen molar-refractivity contribution in [1.82, 2.24) is 9.97 Å². The summed E-state index contributed by atoms with van der Waals surface area (Å²) in [5.41, 5.74) is -1.17. The molecule has 19 heavy (non-hydrogen) atoms. The number of carboxylic acids is 1. The molecule has 2 heterocycles. The van der Waals surface area contributed by atoms with Crippen molar-refractivity contribution in [1.29, 1.82) is 0 Å². The standard InChI is InChI=1S/C12H6N2O4S/c15-9-5-1-2-6(12(17)18)14-7(5)10(16)8-11(9)19-4-3-13-8/h1-4,13H,(H,17,18). The van der Waals surface area contributed by atoms with Crippen LogP contribution in [0.2, 0.25) is 0 Å². The number of aromatic amines is 1. The quantitative estimate of drug-likeness (QED) is 0.682. The molecule has 0 bridgehead atoms. The van der Waals surface area contributed by atoms with Gasteiger partial charge in [-0.3, -0.25) is 9.59 Å². The lowest BCUT2D eigenvalue weighted by Gasteiger charge is -1.98. The lowest BCUT2D eigenvalue weighted by molar-refractivity contribution is 0.0691. The number of carboxylic acid groups (broad SMARTS) is 1. The first-order valence-electron chi connectivity index (χ1n) is 5.26. The van der Waals surface area contributed by atoms with E-state index in [0.29, 0.717) is 4.53 Å². The molecule has 0 unspecified atom stereocenters. The summed E-state index contributed by atoms with van der Waals surface area (Å²) < 4.78 is 0.310. The van der Waals surface area contributed by atoms with Gasteiger partial charge in [0.25, 0.3) is 0 Å². The monoisotopic (exact) mass is 274 g/mol. The van der Waals surface area contributed by atoms with Crippen LogP contribution in [-0.4, -0.2) is 21.0 Å². The third kappa shape index (κ3) is 1.63. The minimum absolute atomic E-state index is 0.118. The smallest absolute Gasteiger partial charge is 0.354 e. The van der Waals surface area contributed by atoms with E-state index in [4.69, 9.17) is 5.11 Å². The fourth-order valence-electron chi connectivity index (χ4n) is 1.85. The molecule has 1 aromatic heterocycles. The number of carbonyl (C=O) groups is 1. The Labute approximate surface area is 108 Å². The highest BCUT2D eigenvalue weighted by Gasteiger charge is 2.12. The highest BCUT2D eigenvalue weighted by atomic mass is 32.1. The van der Waals surface area contributed by atoms with Crippen LogP contribution in [0, 0.1) is 9.88 Å². The van der Waals surface area contributed by atoms with E-state index in [1.165, 1.54) is 12.1 Å². The van der Waals surface area contributed by atoms with Crippen LogP contribution < -0.4 is 10.9 Å². The summed E-state index contributed by atoms with van der Waals surface area (Å²) in [6, 6.07) is 2.54. The molecule has 1 aliphatic carbocycles. The fraction of sp³-hybridized carbons (Fsp3) is 0. The molecule has 1 aliphatic heterocycles. The third-order valence-electron chi connectivity index (χ3n) is 2.72. The van der Waals surface area contributed by atoms with Crippen LogP contribution in [0.25, 0.3) is 10.9 Å². The molecular weight excluding hydrogens is 268 g/mol. The zero-order valence-electron chi connectivity index (χ0n) is 9.34. The van der Waals surface area contributed by atoms with Crippen molar-refractivity contribution < 1.29 is 9.90 Å². The van der Waals surface area contributed by atoms with Crippen LogP contribution in [-0.2, 0) is 0 Å². The van der Waals surface area contributed by atoms with Gasteiger partial charge < -0.3 is 10.1 Å². The molecule has 1 aromatic rings. The van der Waals surface area contributed by atoms with Gasteiger partial charge in [0.15, 0.2) is 0 Å². The Kier molecular flexibility index (Phi) is 2.42. The second kappa shape index (κ2) is 3.99. The van der Waals surface area contributed by atoms with Gasteiger partial charge in [-0.05, 0) is 12.1 Å². The first-order valence-corrected chi connectivity index (χ1v) is 6.14. The normalized spacial score (nSPS) is 10.9. The number of hydrogen-bond acceptors (Lipinski definition) is 5. The van der Waals surface area contributed by atoms with Crippen molar-refractivity contribution in [3.05, 3.63) is 59.7 Å². The molecule has 6 nitrogen and oxygen atoms in total. The Morgan fingerprint density at radius 3 is 2.79 bits per heavy atom. The first-order chi connectivity index (χ1) is 9.09. The highest BCUT2D eigenvalue weighted by molar-refractivity contribution is 7.07. The van der Waals surface area contributed by atoms with Gasteiger partial charge in [-0.1, -0.05) is 0 Å². The van der Waals surface area contributed by atoms with E-state index in [1.54, 1.807) is 11.6 Å². The van der Waals surface area contributed by atoms with Crippen molar-refractivity contribution in [3.63, 3.8) is 0 Å². The van der Waals surface area contributed by atoms with Crippen LogP contribution >= 0.6 is 11.3 Å². The summed E-state index contributed by atoms with van der Waals surface area (Å²) >= 11 is 1.16. The van der Waals surface area contributed by atoms with E-state index in [-0.39, 0.29) is 27.4 Å². The lowest BCUT2D eigenvalue weighted by Crippen LogP contribution is -2.17. The largest absolute Gasteiger partial charge is 0.477 e. The Bertz CT molecular complexity index is 989. The molecule has 0 spiro atoms. The van der Waals surface area contributed by atoms with Gasteiger partial charge in [-0.15, -0.1) is 11.3 Å². The van der Waals surface area contributed by atoms with Gasteiger partial charge in [0.2, 0.25) is 10.9 Å². The molecule has 0 radical (unpaired) electrons. The average molecular weight is 274 g/mol. The van der Waals surface area contributed by atoms with E-state index in [2.05, 4.69) is 9.97 Å². The minimum Gasteiger partial charge on any atom is -0.477 e. The molecule has 94 valence electrons. The molecule has 2 N–H and O–H groups in total. The van der Waals surface area contributed by atoms with Crippen molar-refractivity contribution in [3.8, 4) is 0 Å². The van der Waals surface area contributed by atoms with E-state index in [9.17, 15) is 14.4 Å². The number of rotatable bonds is 1. The maximum Gasteiger partial charge on any atom is 0.354 e. The Morgan fingerprint density at radius 2 is 2.05 bits per heavy atom. The molecule has 0 aromatic carbocycles. The van der Waals surface area contributed by atoms with Crippen molar-refractivity contribution in [2.45, 2.75) is 0 Å². The number of hydrogen-bond donors (Lipinski definition) is 2. The van der Waals surface area contributed by atoms with E-state index >= 15 is 0 Å². The average Bonchev–Trinajstić information content (AvgIpc) is 2.44. The zero-order chi connectivity index (χ0) is 13.6. The van der Waals surface area contributed by atoms with Gasteiger partial charge in [0.05, 0.1) is 5.39 Å². The number of aromatic nitrogens is 2. The highest BCUT2D eigenvalue weighted by Crippen LogP contribution is 2.07. The fourth-order valence-corrected chi connectivity index (χ4v) is 2.61. The molecule has 7 heteroatoms. The van der Waals surface area contributed by atoms with Crippen LogP contribution in [0.5, 0.6) is 0 Å². The summed E-state index contributed by atoms with van der Waals surface area (Å²) in [5.74, 6) is -1.24. The maximum absolute atomic E-state index is 12.2. The summed E-state index contributed by atoms with van der Waals surface area (Å²) in [6.07, 6.45) is 1.54. The molecular formula is C12H6N2O4S. The second-order valence-electron chi connectivity index (χ2n) is 3.83. The Hall–Kier alpha value is -2.54. The van der Waals surface area contributed by atoms with Crippen LogP contribution in [0.4, 0.5) is 0 Å². The SMILES string of the molecule is O=C(O)c1ccc2c(=O)c3scc[nH]c=3c(=O)c2n1. The van der Waals surface area contributed by atoms with Crippen molar-refractivity contribution in [2.75, 3.05) is 0 Å². The summed E-state index contributed by atoms with van der Waals surface area (Å²) in [7, 11) is 0. The van der Waals surface area contributed by atoms with Gasteiger partial charge >= 0.3 is 5.97 Å². The number of pyridine rings is 1. The molecule has 0 amide bonds. The molecule has 0 saturated heterocycles. The molecule has 0 atom stereocenters. The number of nitrogens with one attached hydrogen (secondary N) is 1. The van der Waals surface area contributed by atoms with Crippen molar-refractivity contribution in [2.24, 2.45) is 0 Å². The zero-order valence-corrected chi connectivity index (χ0v) is 10.2. The number of aromatic carboxylic acids is 1. The van der Waals surface area contributed by atoms with Gasteiger partial charge in [0.1, 0.15) is 21.1 Å². The topological polar surface area (TPSA) is 100 Å². The Balaban J connectivity index is 2.66. The molecule has 3 rings (SSSR count). The molecule has 0 fully saturated rings. The number of H-pyrrole nitrogens is 1. The summed E-state index contributed by atoms with van der Waals surface area (Å²) in [6.45, 7) is 0. The van der Waals surface area contributed by atoms with Crippen LogP contribution in [0.1, 0.15) is 10.5 Å². The summed E-state index contributed by atoms with van der Waals surface area (Å²) in [4.78, 5) is 41.7.